The van der Waals surface area contributed by atoms with Crippen molar-refractivity contribution in [2.75, 3.05) is 16.2 Å². The first-order valence-corrected chi connectivity index (χ1v) is 11.5. The number of nitrogens with one attached hydrogen (secondary N) is 1. The lowest BCUT2D eigenvalue weighted by Gasteiger charge is -2.19. The largest absolute Gasteiger partial charge is 0.298 e. The number of fused-ring (bicyclic) bond motifs is 1. The predicted octanol–water partition coefficient (Wildman–Crippen LogP) is 3.66. The van der Waals surface area contributed by atoms with Gasteiger partial charge in [0, 0.05) is 19.0 Å². The lowest BCUT2D eigenvalue weighted by molar-refractivity contribution is 0.101. The quantitative estimate of drug-likeness (QED) is 0.610. The predicted molar refractivity (Wildman–Crippen MR) is 116 cm³/mol. The number of ketones is 1. The summed E-state index contributed by atoms with van der Waals surface area (Å²) in [5.41, 5.74) is 2.39. The highest BCUT2D eigenvalue weighted by Gasteiger charge is 2.31. The van der Waals surface area contributed by atoms with E-state index in [4.69, 9.17) is 0 Å². The molecule has 0 aliphatic carbocycles. The Hall–Kier alpha value is -3.04. The Morgan fingerprint density at radius 2 is 1.90 bits per heavy atom. The standard InChI is InChI=1S/C21H19N3O4S2/c1-13-19(14(2)25)29-21(22-13)23-20(26)16-7-5-8-17(12-16)30(27,28)24-11-10-15-6-3-4-9-18(15)24/h3-9,12H,10-11H2,1-2H3,(H,22,23,26). The van der Waals surface area contributed by atoms with Gasteiger partial charge in [-0.1, -0.05) is 35.6 Å². The molecule has 1 N–H and O–H groups in total. The second kappa shape index (κ2) is 7.66. The van der Waals surface area contributed by atoms with Crippen molar-refractivity contribution in [1.29, 1.82) is 0 Å². The van der Waals surface area contributed by atoms with Crippen molar-refractivity contribution in [2.24, 2.45) is 0 Å². The molecule has 4 rings (SSSR count). The van der Waals surface area contributed by atoms with Crippen LogP contribution in [0.15, 0.2) is 53.4 Å². The number of carbonyl (C=O) groups excluding carboxylic acids is 2. The summed E-state index contributed by atoms with van der Waals surface area (Å²) in [7, 11) is -3.80. The number of amides is 1. The first kappa shape index (κ1) is 20.2. The maximum atomic E-state index is 13.2. The third kappa shape index (κ3) is 3.61. The van der Waals surface area contributed by atoms with Crippen LogP contribution in [0, 0.1) is 6.92 Å². The van der Waals surface area contributed by atoms with Crippen molar-refractivity contribution in [3.8, 4) is 0 Å². The summed E-state index contributed by atoms with van der Waals surface area (Å²) in [6.07, 6.45) is 0.650. The molecule has 1 aliphatic heterocycles. The molecule has 1 amide bonds. The number of para-hydroxylation sites is 1. The third-order valence-electron chi connectivity index (χ3n) is 4.87. The lowest BCUT2D eigenvalue weighted by Crippen LogP contribution is -2.29. The highest BCUT2D eigenvalue weighted by atomic mass is 32.2. The number of anilines is 2. The van der Waals surface area contributed by atoms with Gasteiger partial charge >= 0.3 is 0 Å². The van der Waals surface area contributed by atoms with Gasteiger partial charge in [0.25, 0.3) is 15.9 Å². The van der Waals surface area contributed by atoms with Gasteiger partial charge in [-0.25, -0.2) is 13.4 Å². The Morgan fingerprint density at radius 1 is 1.13 bits per heavy atom. The number of rotatable bonds is 5. The zero-order valence-corrected chi connectivity index (χ0v) is 18.0. The lowest BCUT2D eigenvalue weighted by atomic mass is 10.2. The number of thiazole rings is 1. The van der Waals surface area contributed by atoms with E-state index in [2.05, 4.69) is 10.3 Å². The topological polar surface area (TPSA) is 96.4 Å². The molecule has 30 heavy (non-hydrogen) atoms. The Morgan fingerprint density at radius 3 is 2.63 bits per heavy atom. The van der Waals surface area contributed by atoms with Gasteiger partial charge in [0.15, 0.2) is 10.9 Å². The van der Waals surface area contributed by atoms with Gasteiger partial charge in [-0.05, 0) is 43.2 Å². The van der Waals surface area contributed by atoms with Gasteiger partial charge in [0.05, 0.1) is 21.2 Å². The molecule has 0 saturated heterocycles. The fourth-order valence-corrected chi connectivity index (χ4v) is 5.83. The molecule has 0 radical (unpaired) electrons. The third-order valence-corrected chi connectivity index (χ3v) is 7.85. The average Bonchev–Trinajstić information content (AvgIpc) is 3.32. The number of Topliss-reactive ketones (excluding diaryl/α,β-unsaturated/α-hetero) is 1. The zero-order chi connectivity index (χ0) is 21.5. The Bertz CT molecular complexity index is 1260. The minimum absolute atomic E-state index is 0.0478. The van der Waals surface area contributed by atoms with Crippen LogP contribution in [0.25, 0.3) is 0 Å². The normalized spacial score (nSPS) is 13.2. The molecule has 7 nitrogen and oxygen atoms in total. The molecule has 2 aromatic carbocycles. The van der Waals surface area contributed by atoms with E-state index in [-0.39, 0.29) is 16.2 Å². The molecule has 1 aliphatic rings. The molecule has 0 atom stereocenters. The molecular formula is C21H19N3O4S2. The number of benzene rings is 2. The van der Waals surface area contributed by atoms with Crippen LogP contribution in [0.1, 0.15) is 38.2 Å². The molecule has 9 heteroatoms. The van der Waals surface area contributed by atoms with Gasteiger partial charge < -0.3 is 0 Å². The number of carbonyl (C=O) groups is 2. The maximum Gasteiger partial charge on any atom is 0.264 e. The van der Waals surface area contributed by atoms with E-state index in [1.165, 1.54) is 29.4 Å². The molecule has 154 valence electrons. The van der Waals surface area contributed by atoms with Gasteiger partial charge in [0.1, 0.15) is 0 Å². The monoisotopic (exact) mass is 441 g/mol. The summed E-state index contributed by atoms with van der Waals surface area (Å²) in [4.78, 5) is 29.0. The summed E-state index contributed by atoms with van der Waals surface area (Å²) in [5, 5.41) is 2.94. The van der Waals surface area contributed by atoms with Gasteiger partial charge in [-0.15, -0.1) is 0 Å². The van der Waals surface area contributed by atoms with E-state index >= 15 is 0 Å². The average molecular weight is 442 g/mol. The van der Waals surface area contributed by atoms with E-state index < -0.39 is 15.9 Å². The molecule has 3 aromatic rings. The number of sulfonamides is 1. The van der Waals surface area contributed by atoms with E-state index in [1.54, 1.807) is 19.1 Å². The highest BCUT2D eigenvalue weighted by Crippen LogP contribution is 2.33. The fourth-order valence-electron chi connectivity index (χ4n) is 3.43. The number of nitrogens with zero attached hydrogens (tertiary/aromatic N) is 2. The summed E-state index contributed by atoms with van der Waals surface area (Å²) >= 11 is 1.09. The summed E-state index contributed by atoms with van der Waals surface area (Å²) in [5.74, 6) is -0.609. The second-order valence-corrected chi connectivity index (χ2v) is 9.79. The SMILES string of the molecule is CC(=O)c1sc(NC(=O)c2cccc(S(=O)(=O)N3CCc4ccccc43)c2)nc1C. The number of hydrogen-bond acceptors (Lipinski definition) is 6. The van der Waals surface area contributed by atoms with E-state index in [0.29, 0.717) is 34.4 Å². The van der Waals surface area contributed by atoms with Crippen LogP contribution < -0.4 is 9.62 Å². The van der Waals surface area contributed by atoms with Gasteiger partial charge in [-0.3, -0.25) is 19.2 Å². The molecule has 0 bridgehead atoms. The molecular weight excluding hydrogens is 422 g/mol. The van der Waals surface area contributed by atoms with Crippen LogP contribution in [0.5, 0.6) is 0 Å². The number of aromatic nitrogens is 1. The smallest absolute Gasteiger partial charge is 0.264 e. The first-order valence-electron chi connectivity index (χ1n) is 9.28. The van der Waals surface area contributed by atoms with Crippen molar-refractivity contribution in [2.45, 2.75) is 25.2 Å². The second-order valence-electron chi connectivity index (χ2n) is 6.93. The van der Waals surface area contributed by atoms with Crippen molar-refractivity contribution in [1.82, 2.24) is 4.98 Å². The highest BCUT2D eigenvalue weighted by molar-refractivity contribution is 7.92. The van der Waals surface area contributed by atoms with Crippen molar-refractivity contribution in [3.05, 3.63) is 70.2 Å². The molecule has 0 saturated carbocycles. The van der Waals surface area contributed by atoms with Crippen LogP contribution in [0.3, 0.4) is 0 Å². The molecule has 0 spiro atoms. The van der Waals surface area contributed by atoms with Gasteiger partial charge in [0.2, 0.25) is 0 Å². The molecule has 2 heterocycles. The maximum absolute atomic E-state index is 13.2. The summed E-state index contributed by atoms with van der Waals surface area (Å²) in [6, 6.07) is 13.3. The van der Waals surface area contributed by atoms with Crippen molar-refractivity contribution < 1.29 is 18.0 Å². The van der Waals surface area contributed by atoms with Crippen molar-refractivity contribution in [3.63, 3.8) is 0 Å². The zero-order valence-electron chi connectivity index (χ0n) is 16.4. The first-order chi connectivity index (χ1) is 14.3. The van der Waals surface area contributed by atoms with E-state index in [1.807, 2.05) is 18.2 Å². The van der Waals surface area contributed by atoms with Crippen LogP contribution in [0.2, 0.25) is 0 Å². The molecule has 1 aromatic heterocycles. The molecule has 0 fully saturated rings. The fraction of sp³-hybridized carbons (Fsp3) is 0.190. The number of hydrogen-bond donors (Lipinski definition) is 1. The Balaban J connectivity index is 1.60. The van der Waals surface area contributed by atoms with Crippen LogP contribution in [-0.2, 0) is 16.4 Å². The van der Waals surface area contributed by atoms with Crippen LogP contribution in [0.4, 0.5) is 10.8 Å². The summed E-state index contributed by atoms with van der Waals surface area (Å²) < 4.78 is 27.8. The minimum atomic E-state index is -3.80. The van der Waals surface area contributed by atoms with E-state index in [0.717, 1.165) is 16.9 Å². The minimum Gasteiger partial charge on any atom is -0.298 e. The Labute approximate surface area is 178 Å². The Kier molecular flexibility index (Phi) is 5.17. The van der Waals surface area contributed by atoms with E-state index in [9.17, 15) is 18.0 Å². The molecule has 0 unspecified atom stereocenters. The van der Waals surface area contributed by atoms with Crippen LogP contribution in [-0.4, -0.2) is 31.6 Å². The van der Waals surface area contributed by atoms with Gasteiger partial charge in [-0.2, -0.15) is 0 Å². The number of aryl methyl sites for hydroxylation is 1. The van der Waals surface area contributed by atoms with Crippen LogP contribution >= 0.6 is 11.3 Å². The summed E-state index contributed by atoms with van der Waals surface area (Å²) in [6.45, 7) is 3.51. The van der Waals surface area contributed by atoms with Crippen molar-refractivity contribution >= 4 is 43.9 Å².